The zero-order chi connectivity index (χ0) is 12.3. The van der Waals surface area contributed by atoms with Crippen molar-refractivity contribution in [2.45, 2.75) is 6.92 Å². The summed E-state index contributed by atoms with van der Waals surface area (Å²) in [6, 6.07) is 14.3. The maximum absolute atomic E-state index is 10.7. The molecule has 2 rings (SSSR count). The Kier molecular flexibility index (Phi) is 3.05. The van der Waals surface area contributed by atoms with Crippen LogP contribution in [-0.2, 0) is 0 Å². The molecule has 0 aliphatic carbocycles. The second-order valence-corrected chi connectivity index (χ2v) is 3.75. The molecule has 0 unspecified atom stereocenters. The van der Waals surface area contributed by atoms with Crippen LogP contribution in [0, 0.1) is 17.0 Å². The second-order valence-electron chi connectivity index (χ2n) is 3.75. The third kappa shape index (κ3) is 2.60. The van der Waals surface area contributed by atoms with Crippen molar-refractivity contribution in [2.24, 2.45) is 0 Å². The first-order chi connectivity index (χ1) is 8.16. The molecule has 0 aliphatic heterocycles. The van der Waals surface area contributed by atoms with Crippen molar-refractivity contribution in [3.63, 3.8) is 0 Å². The van der Waals surface area contributed by atoms with Crippen molar-refractivity contribution in [1.29, 1.82) is 0 Å². The Balaban J connectivity index is 2.28. The van der Waals surface area contributed by atoms with Gasteiger partial charge < -0.3 is 5.32 Å². The van der Waals surface area contributed by atoms with E-state index in [2.05, 4.69) is 5.32 Å². The monoisotopic (exact) mass is 228 g/mol. The first-order valence-corrected chi connectivity index (χ1v) is 5.24. The topological polar surface area (TPSA) is 55.2 Å². The zero-order valence-corrected chi connectivity index (χ0v) is 9.38. The van der Waals surface area contributed by atoms with Crippen LogP contribution in [0.4, 0.5) is 17.1 Å². The molecule has 4 nitrogen and oxygen atoms in total. The smallest absolute Gasteiger partial charge is 0.271 e. The lowest BCUT2D eigenvalue weighted by atomic mass is 10.2. The summed E-state index contributed by atoms with van der Waals surface area (Å²) < 4.78 is 0. The number of para-hydroxylation sites is 1. The Hall–Kier alpha value is -2.36. The number of anilines is 2. The molecule has 4 heteroatoms. The van der Waals surface area contributed by atoms with Gasteiger partial charge in [0.15, 0.2) is 0 Å². The summed E-state index contributed by atoms with van der Waals surface area (Å²) in [5.74, 6) is 0. The minimum atomic E-state index is -0.400. The van der Waals surface area contributed by atoms with Crippen molar-refractivity contribution >= 4 is 17.1 Å². The summed E-state index contributed by atoms with van der Waals surface area (Å²) >= 11 is 0. The molecule has 0 amide bonds. The molecule has 0 spiro atoms. The lowest BCUT2D eigenvalue weighted by Crippen LogP contribution is -1.94. The number of benzene rings is 2. The van der Waals surface area contributed by atoms with Crippen LogP contribution in [0.1, 0.15) is 5.56 Å². The van der Waals surface area contributed by atoms with E-state index in [1.165, 1.54) is 12.1 Å². The fourth-order valence-corrected chi connectivity index (χ4v) is 1.57. The first-order valence-electron chi connectivity index (χ1n) is 5.24. The third-order valence-electron chi connectivity index (χ3n) is 2.48. The number of nitro groups is 1. The number of aryl methyl sites for hydroxylation is 1. The number of nitro benzene ring substituents is 1. The Morgan fingerprint density at radius 3 is 2.59 bits per heavy atom. The van der Waals surface area contributed by atoms with Gasteiger partial charge in [-0.2, -0.15) is 0 Å². The van der Waals surface area contributed by atoms with Gasteiger partial charge in [-0.1, -0.05) is 24.3 Å². The number of nitrogens with one attached hydrogen (secondary N) is 1. The Labute approximate surface area is 99.1 Å². The highest BCUT2D eigenvalue weighted by molar-refractivity contribution is 5.64. The van der Waals surface area contributed by atoms with Gasteiger partial charge in [0, 0.05) is 23.5 Å². The van der Waals surface area contributed by atoms with Gasteiger partial charge in [-0.25, -0.2) is 0 Å². The lowest BCUT2D eigenvalue weighted by Gasteiger charge is -2.08. The van der Waals surface area contributed by atoms with Gasteiger partial charge in [-0.15, -0.1) is 0 Å². The van der Waals surface area contributed by atoms with Crippen LogP contribution in [0.2, 0.25) is 0 Å². The van der Waals surface area contributed by atoms with Crippen molar-refractivity contribution in [3.8, 4) is 0 Å². The molecule has 0 bridgehead atoms. The first kappa shape index (κ1) is 11.1. The minimum absolute atomic E-state index is 0.0867. The summed E-state index contributed by atoms with van der Waals surface area (Å²) in [7, 11) is 0. The van der Waals surface area contributed by atoms with Crippen LogP contribution in [0.5, 0.6) is 0 Å². The minimum Gasteiger partial charge on any atom is -0.355 e. The summed E-state index contributed by atoms with van der Waals surface area (Å²) in [6.45, 7) is 1.99. The van der Waals surface area contributed by atoms with Crippen molar-refractivity contribution < 1.29 is 4.92 Å². The highest BCUT2D eigenvalue weighted by atomic mass is 16.6. The molecule has 0 fully saturated rings. The Bertz CT molecular complexity index is 553. The van der Waals surface area contributed by atoms with E-state index in [0.29, 0.717) is 5.69 Å². The molecule has 17 heavy (non-hydrogen) atoms. The average molecular weight is 228 g/mol. The van der Waals surface area contributed by atoms with Gasteiger partial charge in [0.25, 0.3) is 5.69 Å². The summed E-state index contributed by atoms with van der Waals surface area (Å²) in [6.07, 6.45) is 0. The van der Waals surface area contributed by atoms with Crippen LogP contribution in [0.3, 0.4) is 0 Å². The van der Waals surface area contributed by atoms with Gasteiger partial charge in [0.2, 0.25) is 0 Å². The van der Waals surface area contributed by atoms with Crippen LogP contribution in [-0.4, -0.2) is 4.92 Å². The molecule has 0 radical (unpaired) electrons. The van der Waals surface area contributed by atoms with E-state index in [0.717, 1.165) is 11.3 Å². The fourth-order valence-electron chi connectivity index (χ4n) is 1.57. The van der Waals surface area contributed by atoms with E-state index < -0.39 is 4.92 Å². The quantitative estimate of drug-likeness (QED) is 0.644. The molecule has 0 heterocycles. The highest BCUT2D eigenvalue weighted by Gasteiger charge is 2.06. The molecular weight excluding hydrogens is 216 g/mol. The van der Waals surface area contributed by atoms with E-state index in [1.807, 2.05) is 31.2 Å². The van der Waals surface area contributed by atoms with Gasteiger partial charge >= 0.3 is 0 Å². The average Bonchev–Trinajstić information content (AvgIpc) is 2.32. The normalized spacial score (nSPS) is 9.94. The van der Waals surface area contributed by atoms with Crippen molar-refractivity contribution in [1.82, 2.24) is 0 Å². The van der Waals surface area contributed by atoms with Gasteiger partial charge in [0.1, 0.15) is 0 Å². The molecule has 1 N–H and O–H groups in total. The Morgan fingerprint density at radius 1 is 1.12 bits per heavy atom. The van der Waals surface area contributed by atoms with E-state index in [1.54, 1.807) is 12.1 Å². The number of non-ortho nitro benzene ring substituents is 1. The zero-order valence-electron chi connectivity index (χ0n) is 9.38. The molecule has 0 aromatic heterocycles. The molecule has 86 valence electrons. The van der Waals surface area contributed by atoms with E-state index >= 15 is 0 Å². The standard InChI is InChI=1S/C13H12N2O2/c1-10-5-2-3-8-13(10)14-11-6-4-7-12(9-11)15(16)17/h2-9,14H,1H3. The molecule has 0 aliphatic rings. The number of rotatable bonds is 3. The van der Waals surface area contributed by atoms with Crippen LogP contribution >= 0.6 is 0 Å². The molecule has 2 aromatic rings. The van der Waals surface area contributed by atoms with E-state index in [-0.39, 0.29) is 5.69 Å². The third-order valence-corrected chi connectivity index (χ3v) is 2.48. The van der Waals surface area contributed by atoms with Crippen molar-refractivity contribution in [2.75, 3.05) is 5.32 Å². The largest absolute Gasteiger partial charge is 0.355 e. The molecular formula is C13H12N2O2. The number of hydrogen-bond acceptors (Lipinski definition) is 3. The van der Waals surface area contributed by atoms with Gasteiger partial charge in [0.05, 0.1) is 4.92 Å². The SMILES string of the molecule is Cc1ccccc1Nc1cccc([N+](=O)[O-])c1. The number of hydrogen-bond donors (Lipinski definition) is 1. The Morgan fingerprint density at radius 2 is 1.88 bits per heavy atom. The molecule has 0 saturated heterocycles. The van der Waals surface area contributed by atoms with Crippen molar-refractivity contribution in [3.05, 3.63) is 64.2 Å². The summed E-state index contributed by atoms with van der Waals surface area (Å²) in [5.41, 5.74) is 2.85. The predicted octanol–water partition coefficient (Wildman–Crippen LogP) is 3.65. The maximum atomic E-state index is 10.7. The maximum Gasteiger partial charge on any atom is 0.271 e. The van der Waals surface area contributed by atoms with Crippen LogP contribution < -0.4 is 5.32 Å². The van der Waals surface area contributed by atoms with E-state index in [9.17, 15) is 10.1 Å². The molecule has 0 saturated carbocycles. The number of nitrogens with zero attached hydrogens (tertiary/aromatic N) is 1. The second kappa shape index (κ2) is 4.65. The molecule has 2 aromatic carbocycles. The fraction of sp³-hybridized carbons (Fsp3) is 0.0769. The highest BCUT2D eigenvalue weighted by Crippen LogP contribution is 2.23. The van der Waals surface area contributed by atoms with E-state index in [4.69, 9.17) is 0 Å². The summed E-state index contributed by atoms with van der Waals surface area (Å²) in [4.78, 5) is 10.3. The lowest BCUT2D eigenvalue weighted by molar-refractivity contribution is -0.384. The molecule has 0 atom stereocenters. The summed E-state index contributed by atoms with van der Waals surface area (Å²) in [5, 5.41) is 13.8. The van der Waals surface area contributed by atoms with Crippen LogP contribution in [0.15, 0.2) is 48.5 Å². The van der Waals surface area contributed by atoms with Crippen LogP contribution in [0.25, 0.3) is 0 Å². The van der Waals surface area contributed by atoms with Gasteiger partial charge in [-0.3, -0.25) is 10.1 Å². The predicted molar refractivity (Wildman–Crippen MR) is 67.6 cm³/mol. The van der Waals surface area contributed by atoms with Gasteiger partial charge in [-0.05, 0) is 24.6 Å².